The van der Waals surface area contributed by atoms with Gasteiger partial charge in [-0.05, 0) is 52.6 Å². The number of rotatable bonds is 4. The van der Waals surface area contributed by atoms with Crippen molar-refractivity contribution in [1.82, 2.24) is 0 Å². The molecule has 20 heavy (non-hydrogen) atoms. The van der Waals surface area contributed by atoms with Gasteiger partial charge in [-0.2, -0.15) is 0 Å². The van der Waals surface area contributed by atoms with Crippen molar-refractivity contribution in [3.05, 3.63) is 57.7 Å². The summed E-state index contributed by atoms with van der Waals surface area (Å²) in [7, 11) is 0. The lowest BCUT2D eigenvalue weighted by atomic mass is 10.2. The minimum Gasteiger partial charge on any atom is -0.444 e. The molecule has 0 bridgehead atoms. The Balaban J connectivity index is 1.91. The van der Waals surface area contributed by atoms with Gasteiger partial charge in [-0.1, -0.05) is 30.3 Å². The third kappa shape index (κ3) is 4.42. The number of halogens is 1. The number of amides is 1. The van der Waals surface area contributed by atoms with Crippen LogP contribution in [0.25, 0.3) is 0 Å². The first-order chi connectivity index (χ1) is 9.69. The number of ether oxygens (including phenoxy) is 1. The predicted octanol–water partition coefficient (Wildman–Crippen LogP) is 4.76. The smallest absolute Gasteiger partial charge is 0.411 e. The number of carbonyl (C=O) groups excluding carboxylic acids is 1. The van der Waals surface area contributed by atoms with Crippen molar-refractivity contribution in [3.8, 4) is 0 Å². The molecule has 0 radical (unpaired) electrons. The lowest BCUT2D eigenvalue weighted by Crippen LogP contribution is -2.14. The van der Waals surface area contributed by atoms with Crippen molar-refractivity contribution in [3.63, 3.8) is 0 Å². The van der Waals surface area contributed by atoms with E-state index >= 15 is 0 Å². The molecule has 2 rings (SSSR count). The fourth-order valence-electron chi connectivity index (χ4n) is 1.59. The lowest BCUT2D eigenvalue weighted by Gasteiger charge is -2.09. The Morgan fingerprint density at radius 2 is 2.00 bits per heavy atom. The summed E-state index contributed by atoms with van der Waals surface area (Å²) in [6.45, 7) is 0.270. The molecule has 0 heterocycles. The van der Waals surface area contributed by atoms with Crippen LogP contribution in [0.1, 0.15) is 5.56 Å². The van der Waals surface area contributed by atoms with E-state index in [1.807, 2.05) is 54.8 Å². The minimum absolute atomic E-state index is 0.270. The van der Waals surface area contributed by atoms with Crippen LogP contribution in [0.2, 0.25) is 0 Å². The van der Waals surface area contributed by atoms with Crippen LogP contribution in [0.5, 0.6) is 0 Å². The zero-order chi connectivity index (χ0) is 14.4. The van der Waals surface area contributed by atoms with Crippen molar-refractivity contribution in [1.29, 1.82) is 0 Å². The van der Waals surface area contributed by atoms with Crippen LogP contribution in [0.4, 0.5) is 10.5 Å². The van der Waals surface area contributed by atoms with Gasteiger partial charge in [-0.25, -0.2) is 4.79 Å². The third-order valence-corrected chi connectivity index (χ3v) is 4.24. The summed E-state index contributed by atoms with van der Waals surface area (Å²) >= 11 is 3.87. The van der Waals surface area contributed by atoms with Gasteiger partial charge in [0.1, 0.15) is 6.61 Å². The van der Waals surface area contributed by atoms with E-state index in [9.17, 15) is 4.79 Å². The summed E-state index contributed by atoms with van der Waals surface area (Å²) < 4.78 is 6.18. The Morgan fingerprint density at radius 1 is 1.25 bits per heavy atom. The van der Waals surface area contributed by atoms with E-state index in [1.165, 1.54) is 0 Å². The molecule has 2 aromatic rings. The van der Waals surface area contributed by atoms with Gasteiger partial charge >= 0.3 is 6.09 Å². The fourth-order valence-corrected chi connectivity index (χ4v) is 2.89. The number of nitrogens with one attached hydrogen (secondary N) is 1. The van der Waals surface area contributed by atoms with Crippen LogP contribution < -0.4 is 5.32 Å². The van der Waals surface area contributed by atoms with Crippen LogP contribution in [0.15, 0.2) is 53.4 Å². The van der Waals surface area contributed by atoms with Gasteiger partial charge in [0, 0.05) is 8.47 Å². The summed E-state index contributed by atoms with van der Waals surface area (Å²) in [4.78, 5) is 12.9. The van der Waals surface area contributed by atoms with Crippen molar-refractivity contribution in [2.45, 2.75) is 11.5 Å². The van der Waals surface area contributed by atoms with Crippen LogP contribution in [-0.4, -0.2) is 12.3 Å². The van der Waals surface area contributed by atoms with Gasteiger partial charge in [-0.3, -0.25) is 5.32 Å². The number of carbonyl (C=O) groups is 1. The molecule has 0 saturated heterocycles. The summed E-state index contributed by atoms with van der Waals surface area (Å²) in [5.74, 6) is 0. The van der Waals surface area contributed by atoms with E-state index in [0.717, 1.165) is 19.7 Å². The predicted molar refractivity (Wildman–Crippen MR) is 91.2 cm³/mol. The second kappa shape index (κ2) is 7.54. The molecule has 0 fully saturated rings. The SMILES string of the molecule is CSc1ccc(NC(=O)OCc2ccccc2)c(I)c1. The molecule has 2 aromatic carbocycles. The summed E-state index contributed by atoms with van der Waals surface area (Å²) in [5, 5.41) is 2.75. The van der Waals surface area contributed by atoms with Gasteiger partial charge in [0.2, 0.25) is 0 Å². The van der Waals surface area contributed by atoms with Gasteiger partial charge in [0.15, 0.2) is 0 Å². The maximum Gasteiger partial charge on any atom is 0.411 e. The molecule has 0 aliphatic rings. The summed E-state index contributed by atoms with van der Waals surface area (Å²) in [6, 6.07) is 15.5. The minimum atomic E-state index is -0.441. The molecule has 104 valence electrons. The maximum atomic E-state index is 11.8. The molecular formula is C15H14INO2S. The first-order valence-corrected chi connectivity index (χ1v) is 8.30. The van der Waals surface area contributed by atoms with E-state index in [1.54, 1.807) is 11.8 Å². The van der Waals surface area contributed by atoms with Crippen molar-refractivity contribution in [2.75, 3.05) is 11.6 Å². The van der Waals surface area contributed by atoms with Crippen LogP contribution in [0, 0.1) is 3.57 Å². The molecule has 1 amide bonds. The highest BCUT2D eigenvalue weighted by molar-refractivity contribution is 14.1. The quantitative estimate of drug-likeness (QED) is 0.595. The van der Waals surface area contributed by atoms with Crippen LogP contribution in [-0.2, 0) is 11.3 Å². The lowest BCUT2D eigenvalue weighted by molar-refractivity contribution is 0.155. The van der Waals surface area contributed by atoms with E-state index in [4.69, 9.17) is 4.74 Å². The molecular weight excluding hydrogens is 385 g/mol. The van der Waals surface area contributed by atoms with Crippen LogP contribution in [0.3, 0.4) is 0 Å². The van der Waals surface area contributed by atoms with Crippen molar-refractivity contribution < 1.29 is 9.53 Å². The highest BCUT2D eigenvalue weighted by atomic mass is 127. The molecule has 1 N–H and O–H groups in total. The second-order valence-electron chi connectivity index (χ2n) is 4.03. The topological polar surface area (TPSA) is 38.3 Å². The molecule has 3 nitrogen and oxygen atoms in total. The molecule has 0 spiro atoms. The van der Waals surface area contributed by atoms with E-state index in [0.29, 0.717) is 0 Å². The number of thioether (sulfide) groups is 1. The zero-order valence-electron chi connectivity index (χ0n) is 10.9. The Bertz CT molecular complexity index is 590. The fraction of sp³-hybridized carbons (Fsp3) is 0.133. The monoisotopic (exact) mass is 399 g/mol. The highest BCUT2D eigenvalue weighted by Gasteiger charge is 2.07. The Hall–Kier alpha value is -1.21. The number of benzene rings is 2. The Labute approximate surface area is 136 Å². The average Bonchev–Trinajstić information content (AvgIpc) is 2.48. The number of hydrogen-bond acceptors (Lipinski definition) is 3. The second-order valence-corrected chi connectivity index (χ2v) is 6.07. The summed E-state index contributed by atoms with van der Waals surface area (Å²) in [6.07, 6.45) is 1.58. The summed E-state index contributed by atoms with van der Waals surface area (Å²) in [5.41, 5.74) is 1.73. The van der Waals surface area contributed by atoms with Crippen molar-refractivity contribution in [2.24, 2.45) is 0 Å². The molecule has 0 aromatic heterocycles. The van der Waals surface area contributed by atoms with Gasteiger partial charge in [0.05, 0.1) is 5.69 Å². The van der Waals surface area contributed by atoms with E-state index in [2.05, 4.69) is 27.9 Å². The van der Waals surface area contributed by atoms with E-state index < -0.39 is 6.09 Å². The van der Waals surface area contributed by atoms with Crippen LogP contribution >= 0.6 is 34.4 Å². The highest BCUT2D eigenvalue weighted by Crippen LogP contribution is 2.24. The molecule has 5 heteroatoms. The zero-order valence-corrected chi connectivity index (χ0v) is 13.9. The number of hydrogen-bond donors (Lipinski definition) is 1. The normalized spacial score (nSPS) is 10.1. The van der Waals surface area contributed by atoms with Crippen molar-refractivity contribution >= 4 is 46.1 Å². The largest absolute Gasteiger partial charge is 0.444 e. The van der Waals surface area contributed by atoms with Gasteiger partial charge in [-0.15, -0.1) is 11.8 Å². The van der Waals surface area contributed by atoms with Gasteiger partial charge < -0.3 is 4.74 Å². The number of anilines is 1. The molecule has 0 unspecified atom stereocenters. The molecule has 0 saturated carbocycles. The Kier molecular flexibility index (Phi) is 5.72. The first-order valence-electron chi connectivity index (χ1n) is 6.00. The van der Waals surface area contributed by atoms with E-state index in [-0.39, 0.29) is 6.61 Å². The van der Waals surface area contributed by atoms with Gasteiger partial charge in [0.25, 0.3) is 0 Å². The third-order valence-electron chi connectivity index (χ3n) is 2.63. The molecule has 0 atom stereocenters. The standard InChI is InChI=1S/C15H14INO2S/c1-20-12-7-8-14(13(16)9-12)17-15(18)19-10-11-5-3-2-4-6-11/h2-9H,10H2,1H3,(H,17,18). The maximum absolute atomic E-state index is 11.8. The average molecular weight is 399 g/mol. The Morgan fingerprint density at radius 3 is 2.65 bits per heavy atom. The molecule has 0 aliphatic carbocycles. The first kappa shape index (κ1) is 15.2. The molecule has 0 aliphatic heterocycles.